The van der Waals surface area contributed by atoms with Crippen molar-refractivity contribution in [2.75, 3.05) is 7.11 Å². The summed E-state index contributed by atoms with van der Waals surface area (Å²) in [6.45, 7) is 0. The van der Waals surface area contributed by atoms with Crippen molar-refractivity contribution in [1.82, 2.24) is 0 Å². The van der Waals surface area contributed by atoms with E-state index in [9.17, 15) is 14.4 Å². The topological polar surface area (TPSA) is 69.7 Å². The van der Waals surface area contributed by atoms with Gasteiger partial charge in [0.1, 0.15) is 12.4 Å². The molecule has 0 bridgehead atoms. The van der Waals surface area contributed by atoms with E-state index in [0.29, 0.717) is 24.7 Å². The van der Waals surface area contributed by atoms with Gasteiger partial charge in [-0.25, -0.2) is 4.79 Å². The summed E-state index contributed by atoms with van der Waals surface area (Å²) in [4.78, 5) is 33.4. The van der Waals surface area contributed by atoms with E-state index in [1.54, 1.807) is 30.3 Å². The zero-order chi connectivity index (χ0) is 15.5. The lowest BCUT2D eigenvalue weighted by Gasteiger charge is -2.14. The van der Waals surface area contributed by atoms with Crippen molar-refractivity contribution in [2.24, 2.45) is 0 Å². The molecule has 21 heavy (non-hydrogen) atoms. The average molecular weight is 290 g/mol. The Morgan fingerprint density at radius 2 is 1.95 bits per heavy atom. The fourth-order valence-electron chi connectivity index (χ4n) is 1.69. The molecule has 0 fully saturated rings. The number of rotatable bonds is 8. The first-order valence-corrected chi connectivity index (χ1v) is 6.62. The van der Waals surface area contributed by atoms with Crippen LogP contribution >= 0.6 is 0 Å². The smallest absolute Gasteiger partial charge is 0.338 e. The summed E-state index contributed by atoms with van der Waals surface area (Å²) < 4.78 is 9.86. The molecule has 0 amide bonds. The number of carbonyl (C=O) groups excluding carboxylic acids is 3. The molecule has 0 spiro atoms. The molecule has 0 radical (unpaired) electrons. The number of hydrogen-bond donors (Lipinski definition) is 0. The van der Waals surface area contributed by atoms with Gasteiger partial charge in [-0.2, -0.15) is 0 Å². The van der Waals surface area contributed by atoms with Gasteiger partial charge in [0.25, 0.3) is 0 Å². The minimum atomic E-state index is -0.549. The summed E-state index contributed by atoms with van der Waals surface area (Å²) in [6, 6.07) is 8.58. The SMILES string of the molecule is COC(=O)CCC[C@@H](/C=C/C=O)OC(=O)c1ccccc1. The third-order valence-corrected chi connectivity index (χ3v) is 2.77. The van der Waals surface area contributed by atoms with Crippen LogP contribution in [0.5, 0.6) is 0 Å². The van der Waals surface area contributed by atoms with E-state index in [1.165, 1.54) is 19.3 Å². The van der Waals surface area contributed by atoms with Gasteiger partial charge < -0.3 is 9.47 Å². The maximum Gasteiger partial charge on any atom is 0.338 e. The van der Waals surface area contributed by atoms with Crippen LogP contribution in [0.1, 0.15) is 29.6 Å². The molecule has 1 atom stereocenters. The van der Waals surface area contributed by atoms with Gasteiger partial charge in [0, 0.05) is 6.42 Å². The van der Waals surface area contributed by atoms with Gasteiger partial charge in [-0.3, -0.25) is 9.59 Å². The van der Waals surface area contributed by atoms with Gasteiger partial charge in [-0.05, 0) is 37.1 Å². The van der Waals surface area contributed by atoms with Gasteiger partial charge >= 0.3 is 11.9 Å². The van der Waals surface area contributed by atoms with E-state index in [-0.39, 0.29) is 12.4 Å². The third kappa shape index (κ3) is 6.51. The van der Waals surface area contributed by atoms with Crippen molar-refractivity contribution in [3.63, 3.8) is 0 Å². The molecular formula is C16H18O5. The van der Waals surface area contributed by atoms with E-state index in [0.717, 1.165) is 0 Å². The zero-order valence-corrected chi connectivity index (χ0v) is 11.9. The summed E-state index contributed by atoms with van der Waals surface area (Å²) >= 11 is 0. The Kier molecular flexibility index (Phi) is 7.50. The van der Waals surface area contributed by atoms with Crippen LogP contribution in [0.15, 0.2) is 42.5 Å². The number of aldehydes is 1. The van der Waals surface area contributed by atoms with Crippen LogP contribution in [0.2, 0.25) is 0 Å². The highest BCUT2D eigenvalue weighted by Crippen LogP contribution is 2.11. The second kappa shape index (κ2) is 9.47. The van der Waals surface area contributed by atoms with Gasteiger partial charge in [0.05, 0.1) is 12.7 Å². The summed E-state index contributed by atoms with van der Waals surface area (Å²) in [5.41, 5.74) is 0.440. The molecule has 0 saturated heterocycles. The highest BCUT2D eigenvalue weighted by Gasteiger charge is 2.14. The Labute approximate surface area is 123 Å². The lowest BCUT2D eigenvalue weighted by Crippen LogP contribution is -2.17. The van der Waals surface area contributed by atoms with Crippen LogP contribution in [0.25, 0.3) is 0 Å². The maximum absolute atomic E-state index is 11.9. The molecule has 0 unspecified atom stereocenters. The van der Waals surface area contributed by atoms with E-state index in [4.69, 9.17) is 4.74 Å². The quantitative estimate of drug-likeness (QED) is 0.417. The normalized spacial score (nSPS) is 11.9. The lowest BCUT2D eigenvalue weighted by molar-refractivity contribution is -0.140. The number of methoxy groups -OCH3 is 1. The van der Waals surface area contributed by atoms with Crippen LogP contribution in [-0.4, -0.2) is 31.4 Å². The Bertz CT molecular complexity index is 493. The molecule has 0 saturated carbocycles. The van der Waals surface area contributed by atoms with Crippen molar-refractivity contribution < 1.29 is 23.9 Å². The average Bonchev–Trinajstić information content (AvgIpc) is 2.52. The molecule has 0 aromatic heterocycles. The first-order chi connectivity index (χ1) is 10.2. The van der Waals surface area contributed by atoms with Crippen LogP contribution in [-0.2, 0) is 19.1 Å². The van der Waals surface area contributed by atoms with Crippen LogP contribution in [0.4, 0.5) is 0 Å². The minimum absolute atomic E-state index is 0.241. The Morgan fingerprint density at radius 3 is 2.57 bits per heavy atom. The van der Waals surface area contributed by atoms with Gasteiger partial charge in [0.2, 0.25) is 0 Å². The number of hydrogen-bond acceptors (Lipinski definition) is 5. The van der Waals surface area contributed by atoms with Crippen LogP contribution in [0.3, 0.4) is 0 Å². The summed E-state index contributed by atoms with van der Waals surface area (Å²) in [6.07, 6.45) is 4.04. The second-order valence-corrected chi connectivity index (χ2v) is 4.30. The number of carbonyl (C=O) groups is 3. The monoisotopic (exact) mass is 290 g/mol. The van der Waals surface area contributed by atoms with Crippen LogP contribution in [0, 0.1) is 0 Å². The third-order valence-electron chi connectivity index (χ3n) is 2.77. The molecule has 0 N–H and O–H groups in total. The number of allylic oxidation sites excluding steroid dienone is 1. The van der Waals surface area contributed by atoms with Crippen molar-refractivity contribution >= 4 is 18.2 Å². The molecule has 5 heteroatoms. The van der Waals surface area contributed by atoms with Gasteiger partial charge in [-0.1, -0.05) is 18.2 Å². The highest BCUT2D eigenvalue weighted by atomic mass is 16.5. The number of ether oxygens (including phenoxy) is 2. The van der Waals surface area contributed by atoms with Crippen molar-refractivity contribution in [3.8, 4) is 0 Å². The van der Waals surface area contributed by atoms with E-state index in [1.807, 2.05) is 0 Å². The highest BCUT2D eigenvalue weighted by molar-refractivity contribution is 5.89. The predicted octanol–water partition coefficient (Wildman–Crippen LogP) is 2.31. The first kappa shape index (κ1) is 16.6. The molecule has 5 nitrogen and oxygen atoms in total. The van der Waals surface area contributed by atoms with Crippen molar-refractivity contribution in [3.05, 3.63) is 48.0 Å². The maximum atomic E-state index is 11.9. The molecule has 1 rings (SSSR count). The molecule has 0 aliphatic carbocycles. The molecule has 1 aromatic carbocycles. The fraction of sp³-hybridized carbons (Fsp3) is 0.312. The molecule has 0 heterocycles. The van der Waals surface area contributed by atoms with E-state index in [2.05, 4.69) is 4.74 Å². The largest absolute Gasteiger partial charge is 0.469 e. The summed E-state index contributed by atoms with van der Waals surface area (Å²) in [7, 11) is 1.32. The van der Waals surface area contributed by atoms with Crippen molar-refractivity contribution in [2.45, 2.75) is 25.4 Å². The van der Waals surface area contributed by atoms with Crippen molar-refractivity contribution in [1.29, 1.82) is 0 Å². The molecule has 0 aliphatic heterocycles. The number of benzene rings is 1. The molecule has 112 valence electrons. The minimum Gasteiger partial charge on any atom is -0.469 e. The first-order valence-electron chi connectivity index (χ1n) is 6.62. The molecule has 0 aliphatic rings. The van der Waals surface area contributed by atoms with Gasteiger partial charge in [-0.15, -0.1) is 0 Å². The van der Waals surface area contributed by atoms with E-state index < -0.39 is 12.1 Å². The zero-order valence-electron chi connectivity index (χ0n) is 11.9. The standard InChI is InChI=1S/C16H18O5/c1-20-15(18)11-5-9-14(10-6-12-17)21-16(19)13-7-3-2-4-8-13/h2-4,6-8,10,12,14H,5,9,11H2,1H3/b10-6+/t14-/m0/s1. The summed E-state index contributed by atoms with van der Waals surface area (Å²) in [5.74, 6) is -0.781. The van der Waals surface area contributed by atoms with Crippen LogP contribution < -0.4 is 0 Å². The number of esters is 2. The fourth-order valence-corrected chi connectivity index (χ4v) is 1.69. The molecule has 1 aromatic rings. The Morgan fingerprint density at radius 1 is 1.24 bits per heavy atom. The predicted molar refractivity (Wildman–Crippen MR) is 76.7 cm³/mol. The summed E-state index contributed by atoms with van der Waals surface area (Å²) in [5, 5.41) is 0. The van der Waals surface area contributed by atoms with E-state index >= 15 is 0 Å². The Hall–Kier alpha value is -2.43. The van der Waals surface area contributed by atoms with Gasteiger partial charge in [0.15, 0.2) is 0 Å². The Balaban J connectivity index is 2.57. The lowest BCUT2D eigenvalue weighted by atomic mass is 10.1. The second-order valence-electron chi connectivity index (χ2n) is 4.30. The molecular weight excluding hydrogens is 272 g/mol.